The zero-order valence-electron chi connectivity index (χ0n) is 20.3. The lowest BCUT2D eigenvalue weighted by molar-refractivity contribution is -0.143. The van der Waals surface area contributed by atoms with Gasteiger partial charge in [-0.25, -0.2) is 0 Å². The number of hydroxylamine groups is 1. The zero-order valence-corrected chi connectivity index (χ0v) is 20.3. The molecule has 1 aliphatic carbocycles. The molecule has 0 aliphatic heterocycles. The Bertz CT molecular complexity index is 1250. The Labute approximate surface area is 210 Å². The summed E-state index contributed by atoms with van der Waals surface area (Å²) in [5.41, 5.74) is 7.33. The van der Waals surface area contributed by atoms with Gasteiger partial charge in [0, 0.05) is 12.1 Å². The van der Waals surface area contributed by atoms with Crippen molar-refractivity contribution in [3.63, 3.8) is 0 Å². The maximum Gasteiger partial charge on any atom is 0.309 e. The van der Waals surface area contributed by atoms with Crippen LogP contribution in [0.15, 0.2) is 79.4 Å². The Kier molecular flexibility index (Phi) is 7.71. The number of carboxylic acids is 1. The summed E-state index contributed by atoms with van der Waals surface area (Å²) < 4.78 is 5.41. The van der Waals surface area contributed by atoms with E-state index < -0.39 is 11.4 Å². The first-order chi connectivity index (χ1) is 17.4. The molecule has 0 aromatic heterocycles. The van der Waals surface area contributed by atoms with Crippen LogP contribution in [0.25, 0.3) is 16.8 Å². The molecule has 7 heteroatoms. The van der Waals surface area contributed by atoms with Crippen LogP contribution in [0.3, 0.4) is 0 Å². The second-order valence-electron chi connectivity index (χ2n) is 9.00. The summed E-state index contributed by atoms with van der Waals surface area (Å²) in [4.78, 5) is 29.3. The zero-order chi connectivity index (χ0) is 25.5. The van der Waals surface area contributed by atoms with Gasteiger partial charge in [-0.15, -0.1) is 0 Å². The van der Waals surface area contributed by atoms with Crippen molar-refractivity contribution < 1.29 is 24.3 Å². The van der Waals surface area contributed by atoms with Crippen molar-refractivity contribution in [2.45, 2.75) is 25.8 Å². The minimum absolute atomic E-state index is 0.207. The number of carbonyl (C=O) groups is 2. The minimum atomic E-state index is -0.758. The number of carboxylic acid groups (broad SMARTS) is 1. The van der Waals surface area contributed by atoms with Crippen LogP contribution < -0.4 is 15.5 Å². The maximum absolute atomic E-state index is 12.4. The number of hydrogen-bond acceptors (Lipinski definition) is 5. The molecule has 7 nitrogen and oxygen atoms in total. The number of ether oxygens (including phenoxy) is 1. The van der Waals surface area contributed by atoms with Crippen LogP contribution in [0, 0.1) is 5.41 Å². The molecule has 0 heterocycles. The fraction of sp³-hybridized carbons (Fsp3) is 0.241. The minimum Gasteiger partial charge on any atom is -0.496 e. The van der Waals surface area contributed by atoms with Crippen molar-refractivity contribution in [3.8, 4) is 16.9 Å². The Balaban J connectivity index is 1.27. The molecule has 0 bridgehead atoms. The molecular formula is C29H30N2O5. The van der Waals surface area contributed by atoms with Gasteiger partial charge in [-0.2, -0.15) is 0 Å². The summed E-state index contributed by atoms with van der Waals surface area (Å²) in [6, 6.07) is 23.5. The van der Waals surface area contributed by atoms with Crippen molar-refractivity contribution in [2.24, 2.45) is 5.41 Å². The van der Waals surface area contributed by atoms with Crippen LogP contribution in [0.5, 0.6) is 5.75 Å². The largest absolute Gasteiger partial charge is 0.496 e. The van der Waals surface area contributed by atoms with Crippen LogP contribution in [0.2, 0.25) is 0 Å². The van der Waals surface area contributed by atoms with E-state index in [2.05, 4.69) is 17.4 Å². The Morgan fingerprint density at radius 1 is 1.00 bits per heavy atom. The highest BCUT2D eigenvalue weighted by Crippen LogP contribution is 2.48. The summed E-state index contributed by atoms with van der Waals surface area (Å²) in [6.45, 7) is 4.03. The quantitative estimate of drug-likeness (QED) is 0.324. The molecular weight excluding hydrogens is 456 g/mol. The van der Waals surface area contributed by atoms with Crippen molar-refractivity contribution >= 4 is 17.6 Å². The van der Waals surface area contributed by atoms with Crippen LogP contribution in [-0.4, -0.2) is 30.7 Å². The van der Waals surface area contributed by atoms with Gasteiger partial charge >= 0.3 is 5.97 Å². The Hall–Kier alpha value is -4.10. The summed E-state index contributed by atoms with van der Waals surface area (Å²) in [5.74, 6) is -0.443. The number of aliphatic carboxylic acids is 1. The third-order valence-corrected chi connectivity index (χ3v) is 6.39. The molecule has 3 N–H and O–H groups in total. The van der Waals surface area contributed by atoms with Crippen LogP contribution in [0.4, 0.5) is 0 Å². The Morgan fingerprint density at radius 3 is 2.44 bits per heavy atom. The van der Waals surface area contributed by atoms with Gasteiger partial charge in [0.05, 0.1) is 18.2 Å². The van der Waals surface area contributed by atoms with E-state index in [-0.39, 0.29) is 19.1 Å². The molecule has 0 radical (unpaired) electrons. The third-order valence-electron chi connectivity index (χ3n) is 6.39. The number of hydrogen-bond donors (Lipinski definition) is 3. The monoisotopic (exact) mass is 486 g/mol. The van der Waals surface area contributed by atoms with E-state index in [9.17, 15) is 14.7 Å². The highest BCUT2D eigenvalue weighted by atomic mass is 16.6. The molecule has 0 unspecified atom stereocenters. The molecule has 1 aliphatic rings. The number of carbonyl (C=O) groups excluding carboxylic acids is 1. The molecule has 3 aromatic carbocycles. The standard InChI is InChI=1S/C29H30N2O5/c1-20(23-9-6-10-24(16-23)22-7-4-3-5-8-22)31-36-19-27(32)30-18-25-15-21(11-12-26(25)35-2)17-29(13-14-29)28(33)34/h3-12,15-16,31H,1,13-14,17-19H2,2H3,(H,30,32)(H,33,34). The van der Waals surface area contributed by atoms with E-state index in [1.54, 1.807) is 13.2 Å². The number of benzene rings is 3. The fourth-order valence-electron chi connectivity index (χ4n) is 4.10. The topological polar surface area (TPSA) is 96.9 Å². The van der Waals surface area contributed by atoms with E-state index >= 15 is 0 Å². The molecule has 4 rings (SSSR count). The number of methoxy groups -OCH3 is 1. The highest BCUT2D eigenvalue weighted by Gasteiger charge is 2.49. The smallest absolute Gasteiger partial charge is 0.309 e. The summed E-state index contributed by atoms with van der Waals surface area (Å²) >= 11 is 0. The summed E-state index contributed by atoms with van der Waals surface area (Å²) in [6.07, 6.45) is 1.84. The van der Waals surface area contributed by atoms with E-state index in [1.807, 2.05) is 66.7 Å². The SMILES string of the molecule is C=C(NOCC(=O)NCc1cc(CC2(C(=O)O)CC2)ccc1OC)c1cccc(-c2ccccc2)c1. The number of rotatable bonds is 12. The van der Waals surface area contributed by atoms with E-state index in [0.717, 1.165) is 27.8 Å². The van der Waals surface area contributed by atoms with Crippen LogP contribution >= 0.6 is 0 Å². The molecule has 0 spiro atoms. The van der Waals surface area contributed by atoms with E-state index in [1.165, 1.54) is 0 Å². The van der Waals surface area contributed by atoms with Crippen molar-refractivity contribution in [1.29, 1.82) is 0 Å². The third kappa shape index (κ3) is 6.12. The molecule has 0 atom stereocenters. The van der Waals surface area contributed by atoms with Gasteiger partial charge in [-0.3, -0.25) is 19.9 Å². The molecule has 36 heavy (non-hydrogen) atoms. The molecule has 1 fully saturated rings. The Morgan fingerprint density at radius 2 is 1.75 bits per heavy atom. The van der Waals surface area contributed by atoms with Gasteiger partial charge < -0.3 is 15.2 Å². The number of nitrogens with one attached hydrogen (secondary N) is 2. The second-order valence-corrected chi connectivity index (χ2v) is 9.00. The first-order valence-corrected chi connectivity index (χ1v) is 11.8. The second kappa shape index (κ2) is 11.1. The molecule has 1 amide bonds. The molecule has 0 saturated heterocycles. The van der Waals surface area contributed by atoms with E-state index in [4.69, 9.17) is 9.57 Å². The van der Waals surface area contributed by atoms with Gasteiger partial charge in [0.1, 0.15) is 5.75 Å². The molecule has 3 aromatic rings. The predicted octanol–water partition coefficient (Wildman–Crippen LogP) is 4.58. The lowest BCUT2D eigenvalue weighted by Gasteiger charge is -2.15. The van der Waals surface area contributed by atoms with E-state index in [0.29, 0.717) is 30.7 Å². The summed E-state index contributed by atoms with van der Waals surface area (Å²) in [7, 11) is 1.56. The summed E-state index contributed by atoms with van der Waals surface area (Å²) in [5, 5.41) is 12.3. The fourth-order valence-corrected chi connectivity index (χ4v) is 4.10. The normalized spacial score (nSPS) is 13.5. The van der Waals surface area contributed by atoms with Crippen LogP contribution in [0.1, 0.15) is 29.5 Å². The average Bonchev–Trinajstić information content (AvgIpc) is 3.69. The molecule has 1 saturated carbocycles. The number of amides is 1. The average molecular weight is 487 g/mol. The van der Waals surface area contributed by atoms with Crippen molar-refractivity contribution in [1.82, 2.24) is 10.8 Å². The predicted molar refractivity (Wildman–Crippen MR) is 138 cm³/mol. The van der Waals surface area contributed by atoms with Crippen LogP contribution in [-0.2, 0) is 27.4 Å². The first-order valence-electron chi connectivity index (χ1n) is 11.8. The highest BCUT2D eigenvalue weighted by molar-refractivity contribution is 5.78. The van der Waals surface area contributed by atoms with Gasteiger partial charge in [0.15, 0.2) is 6.61 Å². The van der Waals surface area contributed by atoms with Crippen molar-refractivity contribution in [2.75, 3.05) is 13.7 Å². The first kappa shape index (κ1) is 25.0. The van der Waals surface area contributed by atoms with Gasteiger partial charge in [0.25, 0.3) is 0 Å². The van der Waals surface area contributed by atoms with Gasteiger partial charge in [-0.1, -0.05) is 67.2 Å². The van der Waals surface area contributed by atoms with Gasteiger partial charge in [0.2, 0.25) is 5.91 Å². The lowest BCUT2D eigenvalue weighted by Crippen LogP contribution is -2.30. The maximum atomic E-state index is 12.4. The van der Waals surface area contributed by atoms with Gasteiger partial charge in [-0.05, 0) is 53.6 Å². The lowest BCUT2D eigenvalue weighted by atomic mass is 9.95. The molecule has 186 valence electrons. The van der Waals surface area contributed by atoms with Crippen molar-refractivity contribution in [3.05, 3.63) is 96.1 Å².